The molecule has 0 fully saturated rings. The lowest BCUT2D eigenvalue weighted by Gasteiger charge is -2.17. The normalized spacial score (nSPS) is 12.4. The van der Waals surface area contributed by atoms with Crippen LogP contribution in [0.5, 0.6) is 0 Å². The molecule has 0 spiro atoms. The summed E-state index contributed by atoms with van der Waals surface area (Å²) in [5, 5.41) is 0.480. The summed E-state index contributed by atoms with van der Waals surface area (Å²) in [7, 11) is 0. The lowest BCUT2D eigenvalue weighted by molar-refractivity contribution is 0.511. The molecule has 0 heterocycles. The molecule has 0 aliphatic carbocycles. The van der Waals surface area contributed by atoms with E-state index in [0.717, 1.165) is 6.42 Å². The molecule has 0 radical (unpaired) electrons. The average Bonchev–Trinajstić information content (AvgIpc) is 2.44. The highest BCUT2D eigenvalue weighted by Crippen LogP contribution is 2.24. The van der Waals surface area contributed by atoms with Crippen molar-refractivity contribution in [2.24, 2.45) is 11.7 Å². The second-order valence-electron chi connectivity index (χ2n) is 5.14. The molecule has 0 amide bonds. The average molecular weight is 292 g/mol. The van der Waals surface area contributed by atoms with E-state index in [1.807, 2.05) is 12.1 Å². The fourth-order valence-electron chi connectivity index (χ4n) is 2.40. The number of nitrogens with two attached hydrogens (primary N) is 1. The van der Waals surface area contributed by atoms with E-state index in [-0.39, 0.29) is 11.7 Å². The van der Waals surface area contributed by atoms with Crippen molar-refractivity contribution in [2.45, 2.75) is 19.8 Å². The van der Waals surface area contributed by atoms with Crippen LogP contribution in [0.1, 0.15) is 16.7 Å². The third-order valence-electron chi connectivity index (χ3n) is 3.66. The van der Waals surface area contributed by atoms with Crippen molar-refractivity contribution in [3.63, 3.8) is 0 Å². The Morgan fingerprint density at radius 3 is 2.50 bits per heavy atom. The highest BCUT2D eigenvalue weighted by molar-refractivity contribution is 6.31. The third kappa shape index (κ3) is 3.59. The first-order valence-corrected chi connectivity index (χ1v) is 7.17. The highest BCUT2D eigenvalue weighted by atomic mass is 35.5. The summed E-state index contributed by atoms with van der Waals surface area (Å²) in [6, 6.07) is 13.0. The zero-order chi connectivity index (χ0) is 14.5. The van der Waals surface area contributed by atoms with E-state index >= 15 is 0 Å². The van der Waals surface area contributed by atoms with Crippen molar-refractivity contribution < 1.29 is 4.39 Å². The first-order valence-electron chi connectivity index (χ1n) is 6.79. The molecule has 20 heavy (non-hydrogen) atoms. The van der Waals surface area contributed by atoms with Gasteiger partial charge in [0.1, 0.15) is 5.82 Å². The van der Waals surface area contributed by atoms with Gasteiger partial charge in [-0.3, -0.25) is 0 Å². The molecule has 2 rings (SSSR count). The van der Waals surface area contributed by atoms with Crippen molar-refractivity contribution in [1.82, 2.24) is 0 Å². The van der Waals surface area contributed by atoms with E-state index in [1.165, 1.54) is 17.2 Å². The molecule has 0 bridgehead atoms. The zero-order valence-electron chi connectivity index (χ0n) is 11.6. The molecule has 0 aliphatic heterocycles. The minimum Gasteiger partial charge on any atom is -0.330 e. The van der Waals surface area contributed by atoms with E-state index < -0.39 is 0 Å². The van der Waals surface area contributed by atoms with Crippen LogP contribution in [0, 0.1) is 18.7 Å². The molecule has 0 saturated heterocycles. The van der Waals surface area contributed by atoms with Gasteiger partial charge >= 0.3 is 0 Å². The Kier molecular flexibility index (Phi) is 5.16. The number of hydrogen-bond donors (Lipinski definition) is 1. The van der Waals surface area contributed by atoms with Crippen molar-refractivity contribution in [3.8, 4) is 0 Å². The van der Waals surface area contributed by atoms with Gasteiger partial charge in [-0.15, -0.1) is 0 Å². The summed E-state index contributed by atoms with van der Waals surface area (Å²) in [4.78, 5) is 0. The smallest absolute Gasteiger partial charge is 0.127 e. The minimum atomic E-state index is -0.249. The van der Waals surface area contributed by atoms with Crippen LogP contribution in [-0.4, -0.2) is 6.54 Å². The van der Waals surface area contributed by atoms with E-state index in [9.17, 15) is 4.39 Å². The maximum Gasteiger partial charge on any atom is 0.127 e. The maximum atomic E-state index is 13.8. The molecule has 1 unspecified atom stereocenters. The third-order valence-corrected chi connectivity index (χ3v) is 4.01. The minimum absolute atomic E-state index is 0.186. The van der Waals surface area contributed by atoms with Gasteiger partial charge in [0.2, 0.25) is 0 Å². The van der Waals surface area contributed by atoms with E-state index in [4.69, 9.17) is 17.3 Å². The van der Waals surface area contributed by atoms with Gasteiger partial charge in [-0.1, -0.05) is 41.9 Å². The lowest BCUT2D eigenvalue weighted by atomic mass is 9.90. The molecule has 2 N–H and O–H groups in total. The Morgan fingerprint density at radius 1 is 1.10 bits per heavy atom. The van der Waals surface area contributed by atoms with Gasteiger partial charge in [-0.2, -0.15) is 0 Å². The number of rotatable bonds is 5. The van der Waals surface area contributed by atoms with E-state index in [2.05, 4.69) is 19.1 Å². The summed E-state index contributed by atoms with van der Waals surface area (Å²) < 4.78 is 13.8. The van der Waals surface area contributed by atoms with Crippen LogP contribution in [0.3, 0.4) is 0 Å². The van der Waals surface area contributed by atoms with Crippen LogP contribution < -0.4 is 5.73 Å². The second-order valence-corrected chi connectivity index (χ2v) is 5.54. The van der Waals surface area contributed by atoms with Crippen LogP contribution >= 0.6 is 11.6 Å². The number of benzene rings is 2. The van der Waals surface area contributed by atoms with E-state index in [0.29, 0.717) is 23.6 Å². The first-order chi connectivity index (χ1) is 9.61. The summed E-state index contributed by atoms with van der Waals surface area (Å²) in [6.45, 7) is 2.60. The van der Waals surface area contributed by atoms with Gasteiger partial charge in [0.15, 0.2) is 0 Å². The molecule has 0 aliphatic rings. The number of halogens is 2. The molecule has 0 saturated carbocycles. The molecule has 1 atom stereocenters. The van der Waals surface area contributed by atoms with Crippen LogP contribution in [0.15, 0.2) is 42.5 Å². The standard InChI is InChI=1S/C17H19ClFN/c1-12-5-2-3-6-14(12)9-13(11-20)10-15-16(18)7-4-8-17(15)19/h2-8,13H,9-11,20H2,1H3. The molecule has 2 aromatic rings. The zero-order valence-corrected chi connectivity index (χ0v) is 12.3. The molecule has 106 valence electrons. The van der Waals surface area contributed by atoms with Gasteiger partial charge in [0.05, 0.1) is 0 Å². The van der Waals surface area contributed by atoms with Crippen molar-refractivity contribution in [2.75, 3.05) is 6.54 Å². The number of aryl methyl sites for hydroxylation is 1. The van der Waals surface area contributed by atoms with Gasteiger partial charge in [-0.25, -0.2) is 4.39 Å². The Balaban J connectivity index is 2.16. The molecule has 1 nitrogen and oxygen atoms in total. The SMILES string of the molecule is Cc1ccccc1CC(CN)Cc1c(F)cccc1Cl. The monoisotopic (exact) mass is 291 g/mol. The predicted octanol–water partition coefficient (Wildman–Crippen LogP) is 4.15. The lowest BCUT2D eigenvalue weighted by Crippen LogP contribution is -2.20. The highest BCUT2D eigenvalue weighted by Gasteiger charge is 2.15. The number of hydrogen-bond acceptors (Lipinski definition) is 1. The van der Waals surface area contributed by atoms with Crippen molar-refractivity contribution >= 4 is 11.6 Å². The molecular weight excluding hydrogens is 273 g/mol. The summed E-state index contributed by atoms with van der Waals surface area (Å²) in [5.74, 6) is -0.0637. The van der Waals surface area contributed by atoms with Gasteiger partial charge < -0.3 is 5.73 Å². The largest absolute Gasteiger partial charge is 0.330 e. The maximum absolute atomic E-state index is 13.8. The molecule has 2 aromatic carbocycles. The second kappa shape index (κ2) is 6.87. The Hall–Kier alpha value is -1.38. The molecule has 3 heteroatoms. The summed E-state index contributed by atoms with van der Waals surface area (Å²) in [5.41, 5.74) is 8.92. The quantitative estimate of drug-likeness (QED) is 0.880. The Morgan fingerprint density at radius 2 is 1.85 bits per heavy atom. The fourth-order valence-corrected chi connectivity index (χ4v) is 2.65. The van der Waals surface area contributed by atoms with Crippen LogP contribution in [-0.2, 0) is 12.8 Å². The Labute approximate surface area is 124 Å². The van der Waals surface area contributed by atoms with Gasteiger partial charge in [-0.05, 0) is 55.5 Å². The fraction of sp³-hybridized carbons (Fsp3) is 0.294. The Bertz CT molecular complexity index is 563. The topological polar surface area (TPSA) is 26.0 Å². The summed E-state index contributed by atoms with van der Waals surface area (Å²) in [6.07, 6.45) is 1.41. The van der Waals surface area contributed by atoms with E-state index in [1.54, 1.807) is 12.1 Å². The van der Waals surface area contributed by atoms with Crippen molar-refractivity contribution in [3.05, 3.63) is 70.0 Å². The van der Waals surface area contributed by atoms with Gasteiger partial charge in [0, 0.05) is 10.6 Å². The van der Waals surface area contributed by atoms with Crippen LogP contribution in [0.2, 0.25) is 5.02 Å². The molecular formula is C17H19ClFN. The summed E-state index contributed by atoms with van der Waals surface area (Å²) >= 11 is 6.08. The van der Waals surface area contributed by atoms with Crippen LogP contribution in [0.25, 0.3) is 0 Å². The predicted molar refractivity (Wildman–Crippen MR) is 82.5 cm³/mol. The first kappa shape index (κ1) is 15.0. The van der Waals surface area contributed by atoms with Crippen LogP contribution in [0.4, 0.5) is 4.39 Å². The van der Waals surface area contributed by atoms with Gasteiger partial charge in [0.25, 0.3) is 0 Å². The van der Waals surface area contributed by atoms with Crippen molar-refractivity contribution in [1.29, 1.82) is 0 Å². The molecule has 0 aromatic heterocycles.